The molecule has 0 amide bonds. The molecular formula is C13H29NO. The van der Waals surface area contributed by atoms with E-state index in [4.69, 9.17) is 5.73 Å². The van der Waals surface area contributed by atoms with Crippen molar-refractivity contribution in [1.29, 1.82) is 0 Å². The zero-order valence-electron chi connectivity index (χ0n) is 10.6. The number of aliphatic hydroxyl groups excluding tert-OH is 1. The van der Waals surface area contributed by atoms with Gasteiger partial charge in [0.25, 0.3) is 0 Å². The third-order valence-electron chi connectivity index (χ3n) is 3.12. The molecular weight excluding hydrogens is 186 g/mol. The second-order valence-corrected chi connectivity index (χ2v) is 4.79. The lowest BCUT2D eigenvalue weighted by Crippen LogP contribution is -2.43. The first-order valence-corrected chi connectivity index (χ1v) is 6.58. The van der Waals surface area contributed by atoms with Gasteiger partial charge in [-0.25, -0.2) is 0 Å². The Morgan fingerprint density at radius 3 is 1.93 bits per heavy atom. The van der Waals surface area contributed by atoms with Crippen LogP contribution in [0.1, 0.15) is 71.6 Å². The molecule has 0 aliphatic carbocycles. The Bertz CT molecular complexity index is 138. The fourth-order valence-corrected chi connectivity index (χ4v) is 1.89. The number of aliphatic hydroxyl groups is 1. The highest BCUT2D eigenvalue weighted by atomic mass is 16.3. The van der Waals surface area contributed by atoms with Gasteiger partial charge in [-0.15, -0.1) is 0 Å². The van der Waals surface area contributed by atoms with Crippen molar-refractivity contribution in [2.45, 2.75) is 77.2 Å². The molecule has 2 heteroatoms. The average molecular weight is 215 g/mol. The maximum Gasteiger partial charge on any atom is 0.0611 e. The quantitative estimate of drug-likeness (QED) is 0.550. The summed E-state index contributed by atoms with van der Waals surface area (Å²) in [6.07, 6.45) is 10.6. The molecule has 0 fully saturated rings. The third kappa shape index (κ3) is 7.80. The largest absolute Gasteiger partial charge is 0.394 e. The molecule has 1 unspecified atom stereocenters. The van der Waals surface area contributed by atoms with E-state index in [-0.39, 0.29) is 12.1 Å². The summed E-state index contributed by atoms with van der Waals surface area (Å²) in [6.45, 7) is 4.53. The van der Waals surface area contributed by atoms with Crippen LogP contribution >= 0.6 is 0 Å². The van der Waals surface area contributed by atoms with Gasteiger partial charge in [-0.05, 0) is 12.8 Å². The molecule has 0 bridgehead atoms. The molecule has 0 radical (unpaired) electrons. The Hall–Kier alpha value is -0.0800. The highest BCUT2D eigenvalue weighted by Gasteiger charge is 2.22. The molecule has 15 heavy (non-hydrogen) atoms. The van der Waals surface area contributed by atoms with Gasteiger partial charge in [0, 0.05) is 5.54 Å². The van der Waals surface area contributed by atoms with Crippen LogP contribution in [0.2, 0.25) is 0 Å². The van der Waals surface area contributed by atoms with Crippen LogP contribution in [-0.2, 0) is 0 Å². The van der Waals surface area contributed by atoms with Crippen molar-refractivity contribution < 1.29 is 5.11 Å². The Labute approximate surface area is 95.3 Å². The molecule has 2 nitrogen and oxygen atoms in total. The van der Waals surface area contributed by atoms with Crippen molar-refractivity contribution in [2.24, 2.45) is 5.73 Å². The smallest absolute Gasteiger partial charge is 0.0611 e. The molecule has 92 valence electrons. The summed E-state index contributed by atoms with van der Waals surface area (Å²) in [5.41, 5.74) is 5.84. The second kappa shape index (κ2) is 9.17. The van der Waals surface area contributed by atoms with Gasteiger partial charge in [-0.1, -0.05) is 58.8 Å². The first kappa shape index (κ1) is 14.9. The lowest BCUT2D eigenvalue weighted by atomic mass is 9.88. The molecule has 0 aromatic carbocycles. The maximum atomic E-state index is 9.29. The Kier molecular flexibility index (Phi) is 9.12. The van der Waals surface area contributed by atoms with Gasteiger partial charge < -0.3 is 10.8 Å². The molecule has 0 aromatic heterocycles. The number of hydrogen-bond donors (Lipinski definition) is 2. The summed E-state index contributed by atoms with van der Waals surface area (Å²) in [7, 11) is 0. The van der Waals surface area contributed by atoms with Crippen LogP contribution in [0.3, 0.4) is 0 Å². The number of hydrogen-bond acceptors (Lipinski definition) is 2. The van der Waals surface area contributed by atoms with E-state index in [2.05, 4.69) is 13.8 Å². The molecule has 0 rings (SSSR count). The van der Waals surface area contributed by atoms with Crippen molar-refractivity contribution in [3.63, 3.8) is 0 Å². The predicted molar refractivity (Wildman–Crippen MR) is 66.9 cm³/mol. The van der Waals surface area contributed by atoms with Gasteiger partial charge in [0.2, 0.25) is 0 Å². The van der Waals surface area contributed by atoms with Crippen LogP contribution in [0.15, 0.2) is 0 Å². The van der Waals surface area contributed by atoms with E-state index in [9.17, 15) is 5.11 Å². The van der Waals surface area contributed by atoms with Crippen LogP contribution in [0, 0.1) is 0 Å². The molecule has 1 atom stereocenters. The van der Waals surface area contributed by atoms with Crippen molar-refractivity contribution in [1.82, 2.24) is 0 Å². The number of rotatable bonds is 10. The molecule has 3 N–H and O–H groups in total. The van der Waals surface area contributed by atoms with E-state index in [0.29, 0.717) is 0 Å². The topological polar surface area (TPSA) is 46.2 Å². The van der Waals surface area contributed by atoms with Crippen molar-refractivity contribution in [3.05, 3.63) is 0 Å². The van der Waals surface area contributed by atoms with E-state index in [1.807, 2.05) is 0 Å². The van der Waals surface area contributed by atoms with E-state index < -0.39 is 0 Å². The number of nitrogens with two attached hydrogens (primary N) is 1. The van der Waals surface area contributed by atoms with Gasteiger partial charge in [-0.3, -0.25) is 0 Å². The SMILES string of the molecule is CCCCCCCC(N)(CO)CCCC. The summed E-state index contributed by atoms with van der Waals surface area (Å²) in [4.78, 5) is 0. The summed E-state index contributed by atoms with van der Waals surface area (Å²) in [5.74, 6) is 0. The molecule has 0 aromatic rings. The standard InChI is InChI=1S/C13H29NO/c1-3-5-7-8-9-11-13(14,12-15)10-6-4-2/h15H,3-12,14H2,1-2H3. The monoisotopic (exact) mass is 215 g/mol. The van der Waals surface area contributed by atoms with E-state index >= 15 is 0 Å². The molecule has 0 aliphatic heterocycles. The van der Waals surface area contributed by atoms with Crippen molar-refractivity contribution >= 4 is 0 Å². The highest BCUT2D eigenvalue weighted by molar-refractivity contribution is 4.82. The highest BCUT2D eigenvalue weighted by Crippen LogP contribution is 2.19. The minimum absolute atomic E-state index is 0.140. The normalized spacial score (nSPS) is 15.2. The second-order valence-electron chi connectivity index (χ2n) is 4.79. The van der Waals surface area contributed by atoms with E-state index in [1.54, 1.807) is 0 Å². The molecule has 0 spiro atoms. The molecule has 0 saturated carbocycles. The van der Waals surface area contributed by atoms with Gasteiger partial charge >= 0.3 is 0 Å². The van der Waals surface area contributed by atoms with Crippen LogP contribution in [0.25, 0.3) is 0 Å². The van der Waals surface area contributed by atoms with Crippen molar-refractivity contribution in [2.75, 3.05) is 6.61 Å². The first-order valence-electron chi connectivity index (χ1n) is 6.58. The van der Waals surface area contributed by atoms with E-state index in [0.717, 1.165) is 25.7 Å². The molecule has 0 aliphatic rings. The van der Waals surface area contributed by atoms with Crippen LogP contribution in [-0.4, -0.2) is 17.3 Å². The number of unbranched alkanes of at least 4 members (excludes halogenated alkanes) is 5. The summed E-state index contributed by atoms with van der Waals surface area (Å²) >= 11 is 0. The summed E-state index contributed by atoms with van der Waals surface area (Å²) in [5, 5.41) is 9.29. The maximum absolute atomic E-state index is 9.29. The third-order valence-corrected chi connectivity index (χ3v) is 3.12. The van der Waals surface area contributed by atoms with Gasteiger partial charge in [0.05, 0.1) is 6.61 Å². The van der Waals surface area contributed by atoms with Gasteiger partial charge in [0.15, 0.2) is 0 Å². The Morgan fingerprint density at radius 2 is 1.40 bits per heavy atom. The van der Waals surface area contributed by atoms with Crippen LogP contribution in [0.5, 0.6) is 0 Å². The molecule has 0 heterocycles. The van der Waals surface area contributed by atoms with E-state index in [1.165, 1.54) is 32.1 Å². The minimum Gasteiger partial charge on any atom is -0.394 e. The molecule has 0 saturated heterocycles. The summed E-state index contributed by atoms with van der Waals surface area (Å²) in [6, 6.07) is 0. The van der Waals surface area contributed by atoms with Gasteiger partial charge in [0.1, 0.15) is 0 Å². The first-order chi connectivity index (χ1) is 7.18. The predicted octanol–water partition coefficient (Wildman–Crippen LogP) is 3.23. The zero-order valence-corrected chi connectivity index (χ0v) is 10.6. The zero-order chi connectivity index (χ0) is 11.6. The lowest BCUT2D eigenvalue weighted by molar-refractivity contribution is 0.172. The minimum atomic E-state index is -0.303. The summed E-state index contributed by atoms with van der Waals surface area (Å²) < 4.78 is 0. The van der Waals surface area contributed by atoms with Crippen LogP contribution < -0.4 is 5.73 Å². The van der Waals surface area contributed by atoms with Crippen molar-refractivity contribution in [3.8, 4) is 0 Å². The Morgan fingerprint density at radius 1 is 0.867 bits per heavy atom. The van der Waals surface area contributed by atoms with Crippen LogP contribution in [0.4, 0.5) is 0 Å². The fourth-order valence-electron chi connectivity index (χ4n) is 1.89. The fraction of sp³-hybridized carbons (Fsp3) is 1.00. The lowest BCUT2D eigenvalue weighted by Gasteiger charge is -2.27. The van der Waals surface area contributed by atoms with Gasteiger partial charge in [-0.2, -0.15) is 0 Å². The average Bonchev–Trinajstić information content (AvgIpc) is 2.26. The Balaban J connectivity index is 3.58.